The Balaban J connectivity index is 0.000000165. The van der Waals surface area contributed by atoms with Crippen LogP contribution in [-0.4, -0.2) is 15.9 Å². The van der Waals surface area contributed by atoms with Gasteiger partial charge in [0.2, 0.25) is 5.91 Å². The van der Waals surface area contributed by atoms with Crippen molar-refractivity contribution in [1.29, 1.82) is 0 Å². The predicted octanol–water partition coefficient (Wildman–Crippen LogP) is 6.08. The minimum Gasteiger partial charge on any atom is -0.321 e. The maximum absolute atomic E-state index is 12.5. The van der Waals surface area contributed by atoms with Crippen LogP contribution in [0.25, 0.3) is 10.8 Å². The van der Waals surface area contributed by atoms with Gasteiger partial charge in [-0.15, -0.1) is 0 Å². The van der Waals surface area contributed by atoms with E-state index in [1.165, 1.54) is 28.1 Å². The lowest BCUT2D eigenvalue weighted by Gasteiger charge is -2.19. The average molecular weight is 650 g/mol. The number of hydrogen-bond donors (Lipinski definition) is 2. The summed E-state index contributed by atoms with van der Waals surface area (Å²) in [6.07, 6.45) is 0. The molecule has 0 aliphatic carbocycles. The third kappa shape index (κ3) is 7.96. The Labute approximate surface area is 276 Å². The van der Waals surface area contributed by atoms with Crippen molar-refractivity contribution >= 4 is 70.4 Å². The van der Waals surface area contributed by atoms with E-state index in [0.29, 0.717) is 5.82 Å². The van der Waals surface area contributed by atoms with Crippen molar-refractivity contribution in [3.05, 3.63) is 180 Å². The number of amides is 1. The lowest BCUT2D eigenvalue weighted by molar-refractivity contribution is -0.114. The van der Waals surface area contributed by atoms with Crippen molar-refractivity contribution in [2.75, 3.05) is 5.32 Å². The molecule has 47 heavy (non-hydrogen) atoms. The summed E-state index contributed by atoms with van der Waals surface area (Å²) in [6.45, 7) is 1.49. The number of nitrogens with zero attached hydrogens (tertiary/aromatic N) is 1. The molecule has 0 aliphatic heterocycles. The van der Waals surface area contributed by atoms with Gasteiger partial charge in [0.05, 0.1) is 10.9 Å². The second kappa shape index (κ2) is 15.4. The molecule has 0 bridgehead atoms. The van der Waals surface area contributed by atoms with E-state index in [4.69, 9.17) is 0 Å². The van der Waals surface area contributed by atoms with Crippen molar-refractivity contribution in [3.8, 4) is 0 Å². The Kier molecular flexibility index (Phi) is 10.4. The molecule has 2 N–H and O–H groups in total. The fourth-order valence-corrected chi connectivity index (χ4v) is 9.75. The summed E-state index contributed by atoms with van der Waals surface area (Å²) in [7, 11) is -1.54. The van der Waals surface area contributed by atoms with Crippen molar-refractivity contribution in [2.45, 2.75) is 6.92 Å². The molecule has 0 fully saturated rings. The number of anilines is 1. The van der Waals surface area contributed by atoms with Gasteiger partial charge in [0.25, 0.3) is 5.56 Å². The number of fused-ring (bicyclic) bond motifs is 1. The van der Waals surface area contributed by atoms with Crippen LogP contribution in [-0.2, 0) is 4.79 Å². The van der Waals surface area contributed by atoms with Gasteiger partial charge in [0, 0.05) is 28.2 Å². The maximum atomic E-state index is 12.5. The number of benzene rings is 5. The zero-order chi connectivity index (χ0) is 32.4. The van der Waals surface area contributed by atoms with Gasteiger partial charge in [-0.05, 0) is 50.9 Å². The number of hydrogen-bond acceptors (Lipinski definition) is 3. The number of rotatable bonds is 7. The average Bonchev–Trinajstić information content (AvgIpc) is 3.11. The van der Waals surface area contributed by atoms with Gasteiger partial charge in [-0.2, -0.15) is 0 Å². The van der Waals surface area contributed by atoms with E-state index in [1.54, 1.807) is 0 Å². The van der Waals surface area contributed by atoms with E-state index >= 15 is 0 Å². The van der Waals surface area contributed by atoms with Gasteiger partial charge in [0.15, 0.2) is 0 Å². The summed E-state index contributed by atoms with van der Waals surface area (Å²) in [5.74, 6) is 0.479. The van der Waals surface area contributed by atoms with E-state index in [1.807, 2.05) is 115 Å². The summed E-state index contributed by atoms with van der Waals surface area (Å²) in [5, 5.41) is 9.41. The molecule has 0 atom stereocenters. The molecule has 0 radical (unpaired) electrons. The van der Waals surface area contributed by atoms with E-state index in [0.717, 1.165) is 21.6 Å². The maximum Gasteiger partial charge on any atom is 0.256 e. The number of nitrogens with one attached hydrogen (secondary N) is 2. The Morgan fingerprint density at radius 3 is 1.55 bits per heavy atom. The van der Waals surface area contributed by atoms with Crippen LogP contribution in [0, 0.1) is 0 Å². The lowest BCUT2D eigenvalue weighted by Crippen LogP contribution is -2.27. The van der Waals surface area contributed by atoms with Crippen molar-refractivity contribution in [1.82, 2.24) is 9.97 Å². The molecule has 0 aliphatic rings. The zero-order valence-corrected chi connectivity index (χ0v) is 27.6. The number of H-pyrrole nitrogens is 1. The van der Waals surface area contributed by atoms with E-state index in [9.17, 15) is 9.59 Å². The fraction of sp³-hybridized carbons (Fsp3) is 0.0250. The normalized spacial score (nSPS) is 10.8. The number of carbonyl (C=O) groups excluding carboxylic acids is 1. The van der Waals surface area contributed by atoms with Crippen LogP contribution < -0.4 is 43.0 Å². The molecule has 1 amide bonds. The summed E-state index contributed by atoms with van der Waals surface area (Å²) in [6, 6.07) is 57.1. The first-order chi connectivity index (χ1) is 23.1. The van der Waals surface area contributed by atoms with Gasteiger partial charge >= 0.3 is 0 Å². The van der Waals surface area contributed by atoms with Crippen LogP contribution in [0.5, 0.6) is 0 Å². The Bertz CT molecular complexity index is 2050. The lowest BCUT2D eigenvalue weighted by atomic mass is 10.2. The molecule has 0 saturated carbocycles. The molecule has 2 heterocycles. The van der Waals surface area contributed by atoms with Crippen LogP contribution in [0.4, 0.5) is 5.82 Å². The van der Waals surface area contributed by atoms with Crippen LogP contribution in [0.1, 0.15) is 6.92 Å². The van der Waals surface area contributed by atoms with Crippen molar-refractivity contribution in [3.63, 3.8) is 0 Å². The van der Waals surface area contributed by atoms with E-state index in [-0.39, 0.29) is 11.5 Å². The topological polar surface area (TPSA) is 74.8 Å². The third-order valence-electron chi connectivity index (χ3n) is 7.31. The first-order valence-corrected chi connectivity index (χ1v) is 17.9. The highest BCUT2D eigenvalue weighted by Crippen LogP contribution is 2.33. The number of pyridine rings is 2. The molecule has 0 unspecified atom stereocenters. The number of aromatic nitrogens is 2. The SMILES string of the molecule is CC(=O)Nc1cccc(P(c2ccccc2)c2ccccc2)n1.O=c1[nH]c(P(c2ccccc2)c2ccccc2)cc2ccccc12. The Hall–Kier alpha value is -5.21. The predicted molar refractivity (Wildman–Crippen MR) is 201 cm³/mol. The quantitative estimate of drug-likeness (QED) is 0.206. The number of carbonyl (C=O) groups is 1. The molecule has 5 nitrogen and oxygen atoms in total. The van der Waals surface area contributed by atoms with Gasteiger partial charge in [-0.25, -0.2) is 4.98 Å². The van der Waals surface area contributed by atoms with E-state index in [2.05, 4.69) is 69.9 Å². The van der Waals surface area contributed by atoms with Gasteiger partial charge in [-0.1, -0.05) is 146 Å². The van der Waals surface area contributed by atoms with Gasteiger partial charge in [-0.3, -0.25) is 9.59 Å². The summed E-state index contributed by atoms with van der Waals surface area (Å²) in [5.41, 5.74) is 1.93. The van der Waals surface area contributed by atoms with Crippen LogP contribution in [0.2, 0.25) is 0 Å². The van der Waals surface area contributed by atoms with Gasteiger partial charge in [0.1, 0.15) is 5.82 Å². The molecular formula is C40H33N3O2P2. The largest absolute Gasteiger partial charge is 0.321 e. The van der Waals surface area contributed by atoms with Crippen LogP contribution in [0.3, 0.4) is 0 Å². The zero-order valence-electron chi connectivity index (χ0n) is 25.8. The smallest absolute Gasteiger partial charge is 0.256 e. The summed E-state index contributed by atoms with van der Waals surface area (Å²) < 4.78 is 0. The first kappa shape index (κ1) is 31.8. The third-order valence-corrected chi connectivity index (χ3v) is 12.0. The number of aromatic amines is 1. The fourth-order valence-electron chi connectivity index (χ4n) is 5.26. The molecular weight excluding hydrogens is 616 g/mol. The van der Waals surface area contributed by atoms with Crippen molar-refractivity contribution in [2.24, 2.45) is 0 Å². The summed E-state index contributed by atoms with van der Waals surface area (Å²) >= 11 is 0. The van der Waals surface area contributed by atoms with Crippen molar-refractivity contribution < 1.29 is 4.79 Å². The molecule has 0 spiro atoms. The Morgan fingerprint density at radius 1 is 0.574 bits per heavy atom. The molecule has 7 aromatic rings. The summed E-state index contributed by atoms with van der Waals surface area (Å²) in [4.78, 5) is 31.6. The standard InChI is InChI=1S/C21H16NOP.C19H17N2OP/c23-21-19-14-8-7-9-16(19)15-20(22-21)24(17-10-3-1-4-11-17)18-12-5-2-6-13-18;1-15(22)20-18-13-8-14-19(21-18)23(16-9-4-2-5-10-16)17-11-6-3-7-12-17/h1-15H,(H,22,23);2-14H,1H3,(H,20,21,22). The van der Waals surface area contributed by atoms with Crippen LogP contribution >= 0.6 is 15.8 Å². The Morgan fingerprint density at radius 2 is 1.04 bits per heavy atom. The van der Waals surface area contributed by atoms with Crippen LogP contribution in [0.15, 0.2) is 175 Å². The molecule has 5 aromatic carbocycles. The second-order valence-electron chi connectivity index (χ2n) is 10.6. The van der Waals surface area contributed by atoms with E-state index < -0.39 is 15.8 Å². The highest BCUT2D eigenvalue weighted by molar-refractivity contribution is 7.80. The molecule has 0 saturated heterocycles. The molecule has 7 heteroatoms. The second-order valence-corrected chi connectivity index (χ2v) is 15.0. The monoisotopic (exact) mass is 649 g/mol. The minimum absolute atomic E-state index is 0.0255. The molecule has 230 valence electrons. The highest BCUT2D eigenvalue weighted by atomic mass is 31.1. The molecule has 7 rings (SSSR count). The first-order valence-electron chi connectivity index (χ1n) is 15.2. The minimum atomic E-state index is -0.791. The highest BCUT2D eigenvalue weighted by Gasteiger charge is 2.19. The molecule has 2 aromatic heterocycles. The van der Waals surface area contributed by atoms with Gasteiger partial charge < -0.3 is 10.3 Å².